The van der Waals surface area contributed by atoms with Crippen LogP contribution in [0.2, 0.25) is 0 Å². The predicted molar refractivity (Wildman–Crippen MR) is 64.6 cm³/mol. The minimum atomic E-state index is -4.63. The molecule has 0 spiro atoms. The van der Waals surface area contributed by atoms with E-state index in [2.05, 4.69) is 10.4 Å². The van der Waals surface area contributed by atoms with E-state index >= 15 is 0 Å². The van der Waals surface area contributed by atoms with Gasteiger partial charge in [-0.25, -0.2) is 0 Å². The highest BCUT2D eigenvalue weighted by Gasteiger charge is 2.33. The number of non-ortho nitro benzene ring substituents is 1. The van der Waals surface area contributed by atoms with Crippen LogP contribution in [0.1, 0.15) is 16.2 Å². The second-order valence-electron chi connectivity index (χ2n) is 3.92. The Morgan fingerprint density at radius 1 is 1.29 bits per heavy atom. The molecular formula is C11H7F3N4O3. The number of halogens is 3. The average Bonchev–Trinajstić information content (AvgIpc) is 2.88. The second kappa shape index (κ2) is 5.23. The summed E-state index contributed by atoms with van der Waals surface area (Å²) in [6, 6.07) is 5.39. The maximum atomic E-state index is 12.3. The maximum absolute atomic E-state index is 12.3. The molecule has 0 saturated carbocycles. The van der Waals surface area contributed by atoms with Gasteiger partial charge < -0.3 is 5.32 Å². The van der Waals surface area contributed by atoms with Gasteiger partial charge in [-0.2, -0.15) is 18.3 Å². The summed E-state index contributed by atoms with van der Waals surface area (Å²) in [4.78, 5) is 21.5. The number of aromatic nitrogens is 2. The van der Waals surface area contributed by atoms with Gasteiger partial charge in [-0.3, -0.25) is 20.0 Å². The molecule has 7 nitrogen and oxygen atoms in total. The van der Waals surface area contributed by atoms with Gasteiger partial charge in [0.2, 0.25) is 0 Å². The minimum Gasteiger partial charge on any atom is -0.321 e. The summed E-state index contributed by atoms with van der Waals surface area (Å²) in [6.07, 6.45) is -4.63. The number of hydrogen-bond donors (Lipinski definition) is 2. The van der Waals surface area contributed by atoms with Gasteiger partial charge in [-0.1, -0.05) is 0 Å². The Labute approximate surface area is 114 Å². The molecule has 0 aliphatic carbocycles. The Balaban J connectivity index is 2.11. The molecule has 0 unspecified atom stereocenters. The van der Waals surface area contributed by atoms with E-state index in [-0.39, 0.29) is 11.4 Å². The van der Waals surface area contributed by atoms with Crippen molar-refractivity contribution in [1.82, 2.24) is 10.2 Å². The second-order valence-corrected chi connectivity index (χ2v) is 3.92. The molecule has 0 fully saturated rings. The number of alkyl halides is 3. The van der Waals surface area contributed by atoms with Crippen molar-refractivity contribution in [3.8, 4) is 0 Å². The number of carbonyl (C=O) groups excluding carboxylic acids is 1. The highest BCUT2D eigenvalue weighted by molar-refractivity contribution is 6.02. The molecule has 0 atom stereocenters. The number of benzene rings is 1. The molecule has 0 aliphatic rings. The van der Waals surface area contributed by atoms with Gasteiger partial charge in [0.15, 0.2) is 5.69 Å². The van der Waals surface area contributed by atoms with Crippen LogP contribution in [-0.2, 0) is 6.18 Å². The van der Waals surface area contributed by atoms with Crippen molar-refractivity contribution in [1.29, 1.82) is 0 Å². The lowest BCUT2D eigenvalue weighted by Crippen LogP contribution is -2.12. The van der Waals surface area contributed by atoms with Gasteiger partial charge >= 0.3 is 6.18 Å². The Kier molecular flexibility index (Phi) is 3.61. The lowest BCUT2D eigenvalue weighted by Gasteiger charge is -2.02. The van der Waals surface area contributed by atoms with Gasteiger partial charge in [-0.15, -0.1) is 0 Å². The molecule has 21 heavy (non-hydrogen) atoms. The fourth-order valence-corrected chi connectivity index (χ4v) is 1.44. The zero-order valence-corrected chi connectivity index (χ0v) is 10.1. The first kappa shape index (κ1) is 14.5. The minimum absolute atomic E-state index is 0.174. The van der Waals surface area contributed by atoms with E-state index in [1.807, 2.05) is 0 Å². The third-order valence-electron chi connectivity index (χ3n) is 2.45. The van der Waals surface area contributed by atoms with Crippen LogP contribution >= 0.6 is 0 Å². The molecule has 10 heteroatoms. The molecule has 1 aromatic heterocycles. The van der Waals surface area contributed by atoms with Gasteiger partial charge in [0.1, 0.15) is 5.69 Å². The highest BCUT2D eigenvalue weighted by atomic mass is 19.4. The molecule has 2 aromatic rings. The SMILES string of the molecule is O=C(Nc1ccc([N+](=O)[O-])cc1)c1cc(C(F)(F)F)[nH]n1. The van der Waals surface area contributed by atoms with E-state index in [0.29, 0.717) is 6.07 Å². The van der Waals surface area contributed by atoms with Crippen LogP contribution in [-0.4, -0.2) is 21.0 Å². The fourth-order valence-electron chi connectivity index (χ4n) is 1.44. The number of carbonyl (C=O) groups is 1. The average molecular weight is 300 g/mol. The number of anilines is 1. The third-order valence-corrected chi connectivity index (χ3v) is 2.45. The van der Waals surface area contributed by atoms with Gasteiger partial charge in [0.25, 0.3) is 11.6 Å². The Morgan fingerprint density at radius 3 is 2.38 bits per heavy atom. The largest absolute Gasteiger partial charge is 0.432 e. The standard InChI is InChI=1S/C11H7F3N4O3/c12-11(13,14)9-5-8(16-17-9)10(19)15-6-1-3-7(4-2-6)18(20)21/h1-5H,(H,15,19)(H,16,17). The smallest absolute Gasteiger partial charge is 0.321 e. The lowest BCUT2D eigenvalue weighted by atomic mass is 10.2. The summed E-state index contributed by atoms with van der Waals surface area (Å²) < 4.78 is 37.0. The summed E-state index contributed by atoms with van der Waals surface area (Å²) in [5.41, 5.74) is -1.56. The monoisotopic (exact) mass is 300 g/mol. The first-order valence-electron chi connectivity index (χ1n) is 5.46. The van der Waals surface area contributed by atoms with Crippen molar-refractivity contribution >= 4 is 17.3 Å². The van der Waals surface area contributed by atoms with Crippen molar-refractivity contribution in [3.63, 3.8) is 0 Å². The van der Waals surface area contributed by atoms with Crippen LogP contribution in [0.3, 0.4) is 0 Å². The quantitative estimate of drug-likeness (QED) is 0.672. The predicted octanol–water partition coefficient (Wildman–Crippen LogP) is 2.59. The van der Waals surface area contributed by atoms with Crippen LogP contribution < -0.4 is 5.32 Å². The van der Waals surface area contributed by atoms with Crippen LogP contribution in [0.5, 0.6) is 0 Å². The van der Waals surface area contributed by atoms with E-state index in [1.54, 1.807) is 5.10 Å². The number of aromatic amines is 1. The van der Waals surface area contributed by atoms with E-state index in [4.69, 9.17) is 0 Å². The topological polar surface area (TPSA) is 101 Å². The Morgan fingerprint density at radius 2 is 1.90 bits per heavy atom. The molecule has 1 amide bonds. The molecule has 1 heterocycles. The summed E-state index contributed by atoms with van der Waals surface area (Å²) in [7, 11) is 0. The van der Waals surface area contributed by atoms with Crippen LogP contribution in [0, 0.1) is 10.1 Å². The number of amides is 1. The van der Waals surface area contributed by atoms with Crippen molar-refractivity contribution in [2.75, 3.05) is 5.32 Å². The molecule has 2 N–H and O–H groups in total. The molecule has 110 valence electrons. The summed E-state index contributed by atoms with van der Waals surface area (Å²) in [5.74, 6) is -0.865. The number of nitrogens with zero attached hydrogens (tertiary/aromatic N) is 2. The van der Waals surface area contributed by atoms with Crippen LogP contribution in [0.4, 0.5) is 24.5 Å². The normalized spacial score (nSPS) is 11.2. The summed E-state index contributed by atoms with van der Waals surface area (Å²) in [6.45, 7) is 0. The van der Waals surface area contributed by atoms with Gasteiger partial charge in [0, 0.05) is 23.9 Å². The molecule has 0 bridgehead atoms. The van der Waals surface area contributed by atoms with Crippen LogP contribution in [0.15, 0.2) is 30.3 Å². The summed E-state index contributed by atoms with van der Waals surface area (Å²) >= 11 is 0. The zero-order valence-electron chi connectivity index (χ0n) is 10.1. The number of H-pyrrole nitrogens is 1. The molecule has 0 aliphatic heterocycles. The molecule has 0 saturated heterocycles. The van der Waals surface area contributed by atoms with E-state index in [9.17, 15) is 28.1 Å². The van der Waals surface area contributed by atoms with E-state index in [1.165, 1.54) is 12.1 Å². The van der Waals surface area contributed by atoms with Crippen molar-refractivity contribution in [2.45, 2.75) is 6.18 Å². The van der Waals surface area contributed by atoms with Gasteiger partial charge in [-0.05, 0) is 12.1 Å². The fraction of sp³-hybridized carbons (Fsp3) is 0.0909. The first-order valence-corrected chi connectivity index (χ1v) is 5.46. The number of nitro groups is 1. The Bertz CT molecular complexity index is 679. The third kappa shape index (κ3) is 3.35. The molecule has 0 radical (unpaired) electrons. The maximum Gasteiger partial charge on any atom is 0.432 e. The van der Waals surface area contributed by atoms with Crippen molar-refractivity contribution in [3.05, 3.63) is 51.8 Å². The number of nitro benzene ring substituents is 1. The number of hydrogen-bond acceptors (Lipinski definition) is 4. The van der Waals surface area contributed by atoms with Crippen LogP contribution in [0.25, 0.3) is 0 Å². The highest BCUT2D eigenvalue weighted by Crippen LogP contribution is 2.27. The van der Waals surface area contributed by atoms with Gasteiger partial charge in [0.05, 0.1) is 4.92 Å². The molecule has 2 rings (SSSR count). The zero-order chi connectivity index (χ0) is 15.6. The first-order chi connectivity index (χ1) is 9.77. The molecule has 1 aromatic carbocycles. The number of rotatable bonds is 3. The van der Waals surface area contributed by atoms with Crippen molar-refractivity contribution in [2.24, 2.45) is 0 Å². The lowest BCUT2D eigenvalue weighted by molar-refractivity contribution is -0.384. The summed E-state index contributed by atoms with van der Waals surface area (Å²) in [5, 5.41) is 17.7. The molecular weight excluding hydrogens is 293 g/mol. The number of nitrogens with one attached hydrogen (secondary N) is 2. The Hall–Kier alpha value is -2.91. The van der Waals surface area contributed by atoms with E-state index < -0.39 is 28.4 Å². The van der Waals surface area contributed by atoms with E-state index in [0.717, 1.165) is 12.1 Å². The van der Waals surface area contributed by atoms with Crippen molar-refractivity contribution < 1.29 is 22.9 Å².